The number of likely N-dealkylation sites (tertiary alicyclic amines) is 1. The first kappa shape index (κ1) is 18.0. The van der Waals surface area contributed by atoms with Crippen molar-refractivity contribution in [1.82, 2.24) is 14.9 Å². The van der Waals surface area contributed by atoms with Crippen molar-refractivity contribution >= 4 is 11.0 Å². The van der Waals surface area contributed by atoms with Gasteiger partial charge >= 0.3 is 0 Å². The van der Waals surface area contributed by atoms with Crippen molar-refractivity contribution in [2.75, 3.05) is 13.1 Å². The van der Waals surface area contributed by atoms with E-state index in [1.54, 1.807) is 6.07 Å². The molecule has 0 unspecified atom stereocenters. The molecule has 4 nitrogen and oxygen atoms in total. The lowest BCUT2D eigenvalue weighted by atomic mass is 9.89. The van der Waals surface area contributed by atoms with Gasteiger partial charge in [-0.1, -0.05) is 60.7 Å². The molecule has 29 heavy (non-hydrogen) atoms. The van der Waals surface area contributed by atoms with Gasteiger partial charge in [0.15, 0.2) is 0 Å². The van der Waals surface area contributed by atoms with E-state index in [-0.39, 0.29) is 0 Å². The number of benzene rings is 3. The van der Waals surface area contributed by atoms with Gasteiger partial charge in [0.2, 0.25) is 0 Å². The number of H-pyrrole nitrogens is 1. The summed E-state index contributed by atoms with van der Waals surface area (Å²) < 4.78 is 0. The summed E-state index contributed by atoms with van der Waals surface area (Å²) in [6.07, 6.45) is 2.30. The standard InChI is InChI=1S/C25H25N3O/c29-23-12-11-22-24(27-25(26-22)20-9-5-2-6-10-20)21(23)17-28-15-13-19(14-16-28)18-7-3-1-4-8-18/h1-12,19,29H,13-17H2,(H,26,27). The van der Waals surface area contributed by atoms with Crippen LogP contribution in [0.3, 0.4) is 0 Å². The molecule has 0 aliphatic carbocycles. The first-order chi connectivity index (χ1) is 14.3. The van der Waals surface area contributed by atoms with E-state index in [4.69, 9.17) is 4.98 Å². The predicted molar refractivity (Wildman–Crippen MR) is 117 cm³/mol. The number of hydrogen-bond donors (Lipinski definition) is 2. The van der Waals surface area contributed by atoms with Crippen LogP contribution in [0, 0.1) is 0 Å². The predicted octanol–water partition coefficient (Wildman–Crippen LogP) is 5.32. The smallest absolute Gasteiger partial charge is 0.138 e. The first-order valence-electron chi connectivity index (χ1n) is 10.3. The molecule has 4 heteroatoms. The number of imidazole rings is 1. The molecule has 2 heterocycles. The summed E-state index contributed by atoms with van der Waals surface area (Å²) >= 11 is 0. The van der Waals surface area contributed by atoms with Crippen LogP contribution >= 0.6 is 0 Å². The maximum Gasteiger partial charge on any atom is 0.138 e. The Morgan fingerprint density at radius 1 is 0.897 bits per heavy atom. The van der Waals surface area contributed by atoms with Crippen LogP contribution in [0.5, 0.6) is 5.75 Å². The molecule has 1 aliphatic heterocycles. The summed E-state index contributed by atoms with van der Waals surface area (Å²) in [6, 6.07) is 24.6. The third-order valence-corrected chi connectivity index (χ3v) is 6.02. The third kappa shape index (κ3) is 3.64. The van der Waals surface area contributed by atoms with Crippen LogP contribution in [0.4, 0.5) is 0 Å². The number of rotatable bonds is 4. The van der Waals surface area contributed by atoms with Crippen molar-refractivity contribution in [2.24, 2.45) is 0 Å². The zero-order chi connectivity index (χ0) is 19.6. The van der Waals surface area contributed by atoms with Gasteiger partial charge in [-0.2, -0.15) is 0 Å². The Balaban J connectivity index is 1.37. The number of nitrogens with one attached hydrogen (secondary N) is 1. The molecule has 1 fully saturated rings. The zero-order valence-corrected chi connectivity index (χ0v) is 16.4. The molecular weight excluding hydrogens is 358 g/mol. The van der Waals surface area contributed by atoms with E-state index in [9.17, 15) is 5.11 Å². The molecule has 0 saturated carbocycles. The van der Waals surface area contributed by atoms with Gasteiger partial charge in [-0.05, 0) is 49.5 Å². The Hall–Kier alpha value is -3.11. The SMILES string of the molecule is Oc1ccc2[nH]c(-c3ccccc3)nc2c1CN1CCC(c2ccccc2)CC1. The number of nitrogens with zero attached hydrogens (tertiary/aromatic N) is 2. The van der Waals surface area contributed by atoms with E-state index in [0.29, 0.717) is 11.7 Å². The maximum atomic E-state index is 10.6. The Kier molecular flexibility index (Phi) is 4.78. The van der Waals surface area contributed by atoms with Gasteiger partial charge in [0.25, 0.3) is 0 Å². The van der Waals surface area contributed by atoms with E-state index in [1.165, 1.54) is 5.56 Å². The second kappa shape index (κ2) is 7.72. The molecule has 3 aromatic carbocycles. The molecule has 2 N–H and O–H groups in total. The molecule has 0 amide bonds. The van der Waals surface area contributed by atoms with Crippen LogP contribution < -0.4 is 0 Å². The highest BCUT2D eigenvalue weighted by Crippen LogP contribution is 2.32. The first-order valence-corrected chi connectivity index (χ1v) is 10.3. The van der Waals surface area contributed by atoms with Crippen molar-refractivity contribution in [2.45, 2.75) is 25.3 Å². The highest BCUT2D eigenvalue weighted by atomic mass is 16.3. The number of hydrogen-bond acceptors (Lipinski definition) is 3. The minimum atomic E-state index is 0.328. The monoisotopic (exact) mass is 383 g/mol. The fraction of sp³-hybridized carbons (Fsp3) is 0.240. The summed E-state index contributed by atoms with van der Waals surface area (Å²) in [7, 11) is 0. The van der Waals surface area contributed by atoms with Crippen LogP contribution in [0.15, 0.2) is 72.8 Å². The van der Waals surface area contributed by atoms with Gasteiger partial charge in [-0.25, -0.2) is 4.98 Å². The number of aromatic nitrogens is 2. The fourth-order valence-electron chi connectivity index (χ4n) is 4.38. The lowest BCUT2D eigenvalue weighted by Crippen LogP contribution is -2.32. The topological polar surface area (TPSA) is 52.1 Å². The number of phenols is 1. The summed E-state index contributed by atoms with van der Waals surface area (Å²) in [5.74, 6) is 1.80. The lowest BCUT2D eigenvalue weighted by Gasteiger charge is -2.32. The Morgan fingerprint density at radius 2 is 1.59 bits per heavy atom. The molecule has 1 aliphatic rings. The summed E-state index contributed by atoms with van der Waals surface area (Å²) in [6.45, 7) is 2.79. The molecule has 0 radical (unpaired) electrons. The van der Waals surface area contributed by atoms with E-state index >= 15 is 0 Å². The van der Waals surface area contributed by atoms with Crippen LogP contribution in [0.25, 0.3) is 22.4 Å². The molecule has 0 bridgehead atoms. The van der Waals surface area contributed by atoms with Crippen molar-refractivity contribution in [1.29, 1.82) is 0 Å². The molecule has 1 saturated heterocycles. The Morgan fingerprint density at radius 3 is 2.31 bits per heavy atom. The molecule has 5 rings (SSSR count). The summed E-state index contributed by atoms with van der Waals surface area (Å²) in [5, 5.41) is 10.6. The summed E-state index contributed by atoms with van der Waals surface area (Å²) in [5.41, 5.74) is 5.25. The minimum absolute atomic E-state index is 0.328. The molecular formula is C25H25N3O. The normalized spacial score (nSPS) is 15.7. The highest BCUT2D eigenvalue weighted by molar-refractivity contribution is 5.84. The number of aromatic amines is 1. The van der Waals surface area contributed by atoms with Crippen LogP contribution in [-0.2, 0) is 6.54 Å². The van der Waals surface area contributed by atoms with Crippen LogP contribution in [0.2, 0.25) is 0 Å². The molecule has 0 spiro atoms. The largest absolute Gasteiger partial charge is 0.508 e. The van der Waals surface area contributed by atoms with E-state index in [1.807, 2.05) is 36.4 Å². The summed E-state index contributed by atoms with van der Waals surface area (Å²) in [4.78, 5) is 10.7. The molecule has 4 aromatic rings. The number of fused-ring (bicyclic) bond motifs is 1. The van der Waals surface area contributed by atoms with Gasteiger partial charge in [0, 0.05) is 17.7 Å². The molecule has 146 valence electrons. The van der Waals surface area contributed by atoms with Crippen molar-refractivity contribution in [3.05, 3.63) is 83.9 Å². The number of piperidine rings is 1. The number of aromatic hydroxyl groups is 1. The highest BCUT2D eigenvalue weighted by Gasteiger charge is 2.22. The van der Waals surface area contributed by atoms with E-state index in [0.717, 1.165) is 60.5 Å². The van der Waals surface area contributed by atoms with Gasteiger partial charge in [-0.3, -0.25) is 4.90 Å². The second-order valence-corrected chi connectivity index (χ2v) is 7.87. The lowest BCUT2D eigenvalue weighted by molar-refractivity contribution is 0.203. The van der Waals surface area contributed by atoms with Crippen LogP contribution in [-0.4, -0.2) is 33.1 Å². The third-order valence-electron chi connectivity index (χ3n) is 6.02. The van der Waals surface area contributed by atoms with Crippen LogP contribution in [0.1, 0.15) is 29.9 Å². The van der Waals surface area contributed by atoms with E-state index in [2.05, 4.69) is 40.2 Å². The Bertz CT molecular complexity index is 1100. The van der Waals surface area contributed by atoms with Crippen molar-refractivity contribution in [3.8, 4) is 17.1 Å². The van der Waals surface area contributed by atoms with Crippen molar-refractivity contribution < 1.29 is 5.11 Å². The van der Waals surface area contributed by atoms with Crippen molar-refractivity contribution in [3.63, 3.8) is 0 Å². The second-order valence-electron chi connectivity index (χ2n) is 7.87. The molecule has 0 atom stereocenters. The zero-order valence-electron chi connectivity index (χ0n) is 16.4. The van der Waals surface area contributed by atoms with E-state index < -0.39 is 0 Å². The van der Waals surface area contributed by atoms with Gasteiger partial charge in [0.1, 0.15) is 11.6 Å². The van der Waals surface area contributed by atoms with Gasteiger partial charge in [-0.15, -0.1) is 0 Å². The van der Waals surface area contributed by atoms with Gasteiger partial charge < -0.3 is 10.1 Å². The average Bonchev–Trinajstić information content (AvgIpc) is 3.22. The fourth-order valence-corrected chi connectivity index (χ4v) is 4.38. The Labute approximate surface area is 170 Å². The number of phenolic OH excluding ortho intramolecular Hbond substituents is 1. The van der Waals surface area contributed by atoms with Gasteiger partial charge in [0.05, 0.1) is 11.0 Å². The quantitative estimate of drug-likeness (QED) is 0.502. The minimum Gasteiger partial charge on any atom is -0.508 e. The maximum absolute atomic E-state index is 10.6. The molecule has 1 aromatic heterocycles. The average molecular weight is 383 g/mol.